The van der Waals surface area contributed by atoms with Gasteiger partial charge in [-0.05, 0) is 30.9 Å². The Labute approximate surface area is 116 Å². The summed E-state index contributed by atoms with van der Waals surface area (Å²) in [7, 11) is 0. The quantitative estimate of drug-likeness (QED) is 0.898. The Hall–Kier alpha value is -0.580. The van der Waals surface area contributed by atoms with Gasteiger partial charge in [-0.15, -0.1) is 11.3 Å². The number of carbonyl (C=O) groups is 1. The van der Waals surface area contributed by atoms with Crippen molar-refractivity contribution in [2.24, 2.45) is 5.92 Å². The van der Waals surface area contributed by atoms with E-state index < -0.39 is 5.60 Å². The molecule has 1 amide bonds. The van der Waals surface area contributed by atoms with Gasteiger partial charge in [-0.1, -0.05) is 31.4 Å². The minimum absolute atomic E-state index is 0.154. The standard InChI is InChI=1S/C13H18ClNO2S/c1-9-3-2-6-13(17,7-9)8-15-12(16)10-4-5-11(14)18-10/h4-5,9,17H,2-3,6-8H2,1H3,(H,15,16). The van der Waals surface area contributed by atoms with Crippen LogP contribution in [-0.2, 0) is 0 Å². The molecule has 2 N–H and O–H groups in total. The van der Waals surface area contributed by atoms with Gasteiger partial charge in [-0.3, -0.25) is 4.79 Å². The van der Waals surface area contributed by atoms with Crippen molar-refractivity contribution < 1.29 is 9.90 Å². The highest BCUT2D eigenvalue weighted by Gasteiger charge is 2.32. The van der Waals surface area contributed by atoms with E-state index in [1.54, 1.807) is 12.1 Å². The van der Waals surface area contributed by atoms with Crippen molar-refractivity contribution in [3.63, 3.8) is 0 Å². The zero-order valence-corrected chi connectivity index (χ0v) is 12.0. The summed E-state index contributed by atoms with van der Waals surface area (Å²) >= 11 is 7.04. The number of aliphatic hydroxyl groups is 1. The molecule has 1 fully saturated rings. The molecule has 5 heteroatoms. The fourth-order valence-corrected chi connectivity index (χ4v) is 3.52. The predicted octanol–water partition coefficient (Wildman–Crippen LogP) is 3.07. The van der Waals surface area contributed by atoms with Crippen LogP contribution in [0.4, 0.5) is 0 Å². The number of nitrogens with one attached hydrogen (secondary N) is 1. The molecule has 3 nitrogen and oxygen atoms in total. The fourth-order valence-electron chi connectivity index (χ4n) is 2.56. The first kappa shape index (κ1) is 13.8. The van der Waals surface area contributed by atoms with E-state index in [0.717, 1.165) is 25.7 Å². The largest absolute Gasteiger partial charge is 0.388 e. The molecule has 1 aliphatic carbocycles. The lowest BCUT2D eigenvalue weighted by Gasteiger charge is -2.35. The Morgan fingerprint density at radius 1 is 1.67 bits per heavy atom. The van der Waals surface area contributed by atoms with Crippen molar-refractivity contribution in [1.29, 1.82) is 0 Å². The molecule has 0 spiro atoms. The monoisotopic (exact) mass is 287 g/mol. The highest BCUT2D eigenvalue weighted by molar-refractivity contribution is 7.17. The van der Waals surface area contributed by atoms with E-state index in [4.69, 9.17) is 11.6 Å². The van der Waals surface area contributed by atoms with E-state index in [9.17, 15) is 9.90 Å². The molecule has 0 bridgehead atoms. The van der Waals surface area contributed by atoms with E-state index in [0.29, 0.717) is 21.7 Å². The molecule has 1 aliphatic rings. The maximum atomic E-state index is 11.9. The number of carbonyl (C=O) groups excluding carboxylic acids is 1. The van der Waals surface area contributed by atoms with Crippen LogP contribution in [0, 0.1) is 5.92 Å². The van der Waals surface area contributed by atoms with Crippen LogP contribution >= 0.6 is 22.9 Å². The third-order valence-electron chi connectivity index (χ3n) is 3.44. The van der Waals surface area contributed by atoms with Crippen molar-refractivity contribution in [3.05, 3.63) is 21.3 Å². The molecule has 0 aliphatic heterocycles. The molecule has 0 saturated heterocycles. The van der Waals surface area contributed by atoms with Crippen molar-refractivity contribution in [2.75, 3.05) is 6.54 Å². The molecule has 1 aromatic rings. The lowest BCUT2D eigenvalue weighted by Crippen LogP contribution is -2.45. The van der Waals surface area contributed by atoms with Gasteiger partial charge in [-0.2, -0.15) is 0 Å². The summed E-state index contributed by atoms with van der Waals surface area (Å²) in [5.74, 6) is 0.371. The maximum Gasteiger partial charge on any atom is 0.261 e. The number of rotatable bonds is 3. The first-order valence-electron chi connectivity index (χ1n) is 6.24. The van der Waals surface area contributed by atoms with Gasteiger partial charge >= 0.3 is 0 Å². The molecule has 1 saturated carbocycles. The molecule has 1 aromatic heterocycles. The van der Waals surface area contributed by atoms with Crippen molar-refractivity contribution in [1.82, 2.24) is 5.32 Å². The SMILES string of the molecule is CC1CCCC(O)(CNC(=O)c2ccc(Cl)s2)C1. The summed E-state index contributed by atoms with van der Waals surface area (Å²) in [5, 5.41) is 13.2. The first-order chi connectivity index (χ1) is 8.48. The molecule has 18 heavy (non-hydrogen) atoms. The fraction of sp³-hybridized carbons (Fsp3) is 0.615. The summed E-state index contributed by atoms with van der Waals surface area (Å²) in [5.41, 5.74) is -0.742. The summed E-state index contributed by atoms with van der Waals surface area (Å²) in [6.45, 7) is 2.47. The third-order valence-corrected chi connectivity index (χ3v) is 4.67. The highest BCUT2D eigenvalue weighted by atomic mass is 35.5. The van der Waals surface area contributed by atoms with Crippen LogP contribution in [0.25, 0.3) is 0 Å². The Bertz CT molecular complexity index is 434. The lowest BCUT2D eigenvalue weighted by molar-refractivity contribution is -0.0109. The topological polar surface area (TPSA) is 49.3 Å². The Morgan fingerprint density at radius 2 is 2.44 bits per heavy atom. The predicted molar refractivity (Wildman–Crippen MR) is 74.2 cm³/mol. The molecule has 2 atom stereocenters. The molecular weight excluding hydrogens is 270 g/mol. The van der Waals surface area contributed by atoms with Crippen LogP contribution in [0.5, 0.6) is 0 Å². The molecule has 0 radical (unpaired) electrons. The van der Waals surface area contributed by atoms with Gasteiger partial charge in [0.2, 0.25) is 0 Å². The molecular formula is C13H18ClNO2S. The first-order valence-corrected chi connectivity index (χ1v) is 7.44. The van der Waals surface area contributed by atoms with Gasteiger partial charge in [0.25, 0.3) is 5.91 Å². The highest BCUT2D eigenvalue weighted by Crippen LogP contribution is 2.31. The van der Waals surface area contributed by atoms with Crippen LogP contribution < -0.4 is 5.32 Å². The Morgan fingerprint density at radius 3 is 3.06 bits per heavy atom. The maximum absolute atomic E-state index is 11.9. The van der Waals surface area contributed by atoms with Gasteiger partial charge in [0.05, 0.1) is 14.8 Å². The second-order valence-corrected chi connectivity index (χ2v) is 6.93. The van der Waals surface area contributed by atoms with Crippen LogP contribution in [0.1, 0.15) is 42.3 Å². The number of hydrogen-bond donors (Lipinski definition) is 2. The number of hydrogen-bond acceptors (Lipinski definition) is 3. The second-order valence-electron chi connectivity index (χ2n) is 5.21. The molecule has 0 aromatic carbocycles. The molecule has 100 valence electrons. The Kier molecular flexibility index (Phi) is 4.30. The van der Waals surface area contributed by atoms with Crippen LogP contribution in [0.3, 0.4) is 0 Å². The van der Waals surface area contributed by atoms with E-state index in [2.05, 4.69) is 12.2 Å². The summed E-state index contributed by atoms with van der Waals surface area (Å²) in [6.07, 6.45) is 3.72. The number of amides is 1. The van der Waals surface area contributed by atoms with Gasteiger partial charge in [0.15, 0.2) is 0 Å². The van der Waals surface area contributed by atoms with E-state index in [1.807, 2.05) is 0 Å². The Balaban J connectivity index is 1.89. The van der Waals surface area contributed by atoms with Gasteiger partial charge < -0.3 is 10.4 Å². The van der Waals surface area contributed by atoms with Crippen LogP contribution in [0.15, 0.2) is 12.1 Å². The average molecular weight is 288 g/mol. The van der Waals surface area contributed by atoms with Crippen molar-refractivity contribution >= 4 is 28.8 Å². The summed E-state index contributed by atoms with van der Waals surface area (Å²) in [6, 6.07) is 3.41. The lowest BCUT2D eigenvalue weighted by atomic mass is 9.79. The van der Waals surface area contributed by atoms with Gasteiger partial charge in [0, 0.05) is 6.54 Å². The van der Waals surface area contributed by atoms with E-state index in [1.165, 1.54) is 11.3 Å². The number of thiophene rings is 1. The molecule has 2 rings (SSSR count). The van der Waals surface area contributed by atoms with Gasteiger partial charge in [-0.25, -0.2) is 0 Å². The minimum Gasteiger partial charge on any atom is -0.388 e. The minimum atomic E-state index is -0.742. The average Bonchev–Trinajstić information content (AvgIpc) is 2.73. The summed E-state index contributed by atoms with van der Waals surface area (Å²) in [4.78, 5) is 12.4. The zero-order chi connectivity index (χ0) is 13.2. The van der Waals surface area contributed by atoms with E-state index >= 15 is 0 Å². The zero-order valence-electron chi connectivity index (χ0n) is 10.4. The van der Waals surface area contributed by atoms with Crippen molar-refractivity contribution in [2.45, 2.75) is 38.2 Å². The third kappa shape index (κ3) is 3.46. The number of halogens is 1. The smallest absolute Gasteiger partial charge is 0.261 e. The van der Waals surface area contributed by atoms with Crippen LogP contribution in [0.2, 0.25) is 4.34 Å². The normalized spacial score (nSPS) is 28.1. The molecule has 1 heterocycles. The molecule has 2 unspecified atom stereocenters. The summed E-state index contributed by atoms with van der Waals surface area (Å²) < 4.78 is 0.602. The van der Waals surface area contributed by atoms with E-state index in [-0.39, 0.29) is 5.91 Å². The van der Waals surface area contributed by atoms with Crippen LogP contribution in [-0.4, -0.2) is 23.2 Å². The van der Waals surface area contributed by atoms with Gasteiger partial charge in [0.1, 0.15) is 0 Å². The second kappa shape index (κ2) is 5.59. The van der Waals surface area contributed by atoms with Crippen molar-refractivity contribution in [3.8, 4) is 0 Å².